The van der Waals surface area contributed by atoms with Crippen molar-refractivity contribution in [1.82, 2.24) is 9.88 Å². The number of β-amino-alcohol motifs (C(OH)–C–C–N with tert-alkyl or cyclic N) is 1. The van der Waals surface area contributed by atoms with Gasteiger partial charge >= 0.3 is 0 Å². The first-order valence-electron chi connectivity index (χ1n) is 5.27. The molecule has 0 aromatic carbocycles. The van der Waals surface area contributed by atoms with Gasteiger partial charge in [0, 0.05) is 5.38 Å². The van der Waals surface area contributed by atoms with Crippen LogP contribution in [0.1, 0.15) is 30.3 Å². The van der Waals surface area contributed by atoms with Crippen LogP contribution in [0.2, 0.25) is 0 Å². The van der Waals surface area contributed by atoms with Crippen LogP contribution < -0.4 is 5.73 Å². The van der Waals surface area contributed by atoms with E-state index in [9.17, 15) is 9.90 Å². The number of amides is 1. The van der Waals surface area contributed by atoms with Crippen LogP contribution in [-0.4, -0.2) is 39.6 Å². The first-order valence-corrected chi connectivity index (χ1v) is 6.15. The average molecular weight is 241 g/mol. The van der Waals surface area contributed by atoms with Gasteiger partial charge in [-0.1, -0.05) is 13.3 Å². The number of carbonyl (C=O) groups is 1. The number of nitrogens with zero attached hydrogens (tertiary/aromatic N) is 2. The standard InChI is InChI=1S/C10H15N3O2S/c1-2-3-10(15)5-13(6-10)8(14)7-4-16-9(11)12-7/h4,15H,2-3,5-6H2,1H3,(H2,11,12). The molecule has 0 bridgehead atoms. The highest BCUT2D eigenvalue weighted by atomic mass is 32.1. The maximum Gasteiger partial charge on any atom is 0.273 e. The van der Waals surface area contributed by atoms with Gasteiger partial charge in [0.1, 0.15) is 5.69 Å². The monoisotopic (exact) mass is 241 g/mol. The second kappa shape index (κ2) is 4.03. The van der Waals surface area contributed by atoms with E-state index in [0.717, 1.165) is 12.8 Å². The molecule has 0 spiro atoms. The summed E-state index contributed by atoms with van der Waals surface area (Å²) in [7, 11) is 0. The number of aromatic nitrogens is 1. The van der Waals surface area contributed by atoms with Crippen molar-refractivity contribution in [2.24, 2.45) is 0 Å². The second-order valence-electron chi connectivity index (χ2n) is 4.21. The fourth-order valence-electron chi connectivity index (χ4n) is 1.98. The highest BCUT2D eigenvalue weighted by Gasteiger charge is 2.43. The zero-order valence-electron chi connectivity index (χ0n) is 9.14. The van der Waals surface area contributed by atoms with E-state index in [4.69, 9.17) is 5.73 Å². The lowest BCUT2D eigenvalue weighted by Gasteiger charge is -2.46. The molecule has 3 N–H and O–H groups in total. The number of anilines is 1. The van der Waals surface area contributed by atoms with E-state index in [1.807, 2.05) is 6.92 Å². The smallest absolute Gasteiger partial charge is 0.273 e. The van der Waals surface area contributed by atoms with Crippen molar-refractivity contribution in [2.75, 3.05) is 18.8 Å². The van der Waals surface area contributed by atoms with Crippen molar-refractivity contribution >= 4 is 22.4 Å². The predicted molar refractivity (Wildman–Crippen MR) is 62.3 cm³/mol. The summed E-state index contributed by atoms with van der Waals surface area (Å²) in [6.07, 6.45) is 1.65. The SMILES string of the molecule is CCCC1(O)CN(C(=O)c2csc(N)n2)C1. The number of aliphatic hydroxyl groups is 1. The molecule has 1 aromatic rings. The molecule has 0 atom stereocenters. The van der Waals surface area contributed by atoms with E-state index < -0.39 is 5.60 Å². The van der Waals surface area contributed by atoms with Crippen molar-refractivity contribution in [2.45, 2.75) is 25.4 Å². The molecule has 0 radical (unpaired) electrons. The van der Waals surface area contributed by atoms with Gasteiger partial charge in [-0.2, -0.15) is 0 Å². The molecular weight excluding hydrogens is 226 g/mol. The van der Waals surface area contributed by atoms with Gasteiger partial charge in [-0.25, -0.2) is 4.98 Å². The molecule has 88 valence electrons. The number of rotatable bonds is 3. The van der Waals surface area contributed by atoms with Crippen LogP contribution in [0, 0.1) is 0 Å². The number of thiazole rings is 1. The Labute approximate surface area is 97.9 Å². The van der Waals surface area contributed by atoms with E-state index >= 15 is 0 Å². The fraction of sp³-hybridized carbons (Fsp3) is 0.600. The maximum atomic E-state index is 11.8. The molecule has 6 heteroatoms. The molecule has 1 aromatic heterocycles. The summed E-state index contributed by atoms with van der Waals surface area (Å²) in [5.74, 6) is -0.145. The molecule has 0 unspecified atom stereocenters. The summed E-state index contributed by atoms with van der Waals surface area (Å²) in [5.41, 5.74) is 5.15. The Hall–Kier alpha value is -1.14. The lowest BCUT2D eigenvalue weighted by molar-refractivity contribution is -0.0861. The van der Waals surface area contributed by atoms with Gasteiger partial charge in [0.15, 0.2) is 5.13 Å². The highest BCUT2D eigenvalue weighted by Crippen LogP contribution is 2.27. The van der Waals surface area contributed by atoms with Gasteiger partial charge in [0.05, 0.1) is 18.7 Å². The first kappa shape index (κ1) is 11.3. The van der Waals surface area contributed by atoms with E-state index in [2.05, 4.69) is 4.98 Å². The number of hydrogen-bond donors (Lipinski definition) is 2. The number of hydrogen-bond acceptors (Lipinski definition) is 5. The van der Waals surface area contributed by atoms with Crippen LogP contribution in [0.3, 0.4) is 0 Å². The molecule has 16 heavy (non-hydrogen) atoms. The van der Waals surface area contributed by atoms with Crippen LogP contribution in [0.4, 0.5) is 5.13 Å². The highest BCUT2D eigenvalue weighted by molar-refractivity contribution is 7.13. The van der Waals surface area contributed by atoms with Crippen LogP contribution >= 0.6 is 11.3 Å². The van der Waals surface area contributed by atoms with Gasteiger partial charge in [-0.15, -0.1) is 11.3 Å². The summed E-state index contributed by atoms with van der Waals surface area (Å²) in [5, 5.41) is 12.0. The lowest BCUT2D eigenvalue weighted by Crippen LogP contribution is -2.63. The normalized spacial score (nSPS) is 18.2. The third-order valence-electron chi connectivity index (χ3n) is 2.71. The maximum absolute atomic E-state index is 11.8. The minimum Gasteiger partial charge on any atom is -0.386 e. The summed E-state index contributed by atoms with van der Waals surface area (Å²) in [4.78, 5) is 17.4. The third-order valence-corrected chi connectivity index (χ3v) is 3.39. The zero-order chi connectivity index (χ0) is 11.8. The molecule has 0 aliphatic carbocycles. The second-order valence-corrected chi connectivity index (χ2v) is 5.10. The van der Waals surface area contributed by atoms with Crippen LogP contribution in [0.15, 0.2) is 5.38 Å². The number of carbonyl (C=O) groups excluding carboxylic acids is 1. The number of nitrogen functional groups attached to an aromatic ring is 1. The van der Waals surface area contributed by atoms with E-state index in [1.54, 1.807) is 10.3 Å². The molecule has 2 rings (SSSR count). The lowest BCUT2D eigenvalue weighted by atomic mass is 9.89. The van der Waals surface area contributed by atoms with Crippen LogP contribution in [0.25, 0.3) is 0 Å². The Morgan fingerprint density at radius 3 is 2.94 bits per heavy atom. The molecule has 1 fully saturated rings. The molecule has 5 nitrogen and oxygen atoms in total. The molecular formula is C10H15N3O2S. The Morgan fingerprint density at radius 2 is 2.44 bits per heavy atom. The summed E-state index contributed by atoms with van der Waals surface area (Å²) in [6, 6.07) is 0. The van der Waals surface area contributed by atoms with Gasteiger partial charge in [-0.3, -0.25) is 4.79 Å². The van der Waals surface area contributed by atoms with Crippen molar-refractivity contribution in [3.63, 3.8) is 0 Å². The summed E-state index contributed by atoms with van der Waals surface area (Å²) >= 11 is 1.25. The van der Waals surface area contributed by atoms with Gasteiger partial charge in [0.2, 0.25) is 0 Å². The molecule has 2 heterocycles. The largest absolute Gasteiger partial charge is 0.386 e. The molecule has 1 saturated heterocycles. The summed E-state index contributed by atoms with van der Waals surface area (Å²) in [6.45, 7) is 2.82. The minimum absolute atomic E-state index is 0.145. The minimum atomic E-state index is -0.689. The average Bonchev–Trinajstić information content (AvgIpc) is 2.60. The van der Waals surface area contributed by atoms with Gasteiger partial charge in [-0.05, 0) is 6.42 Å². The van der Waals surface area contributed by atoms with Gasteiger partial charge in [0.25, 0.3) is 5.91 Å². The Kier molecular flexibility index (Phi) is 2.86. The number of nitrogens with two attached hydrogens (primary N) is 1. The summed E-state index contributed by atoms with van der Waals surface area (Å²) < 4.78 is 0. The van der Waals surface area contributed by atoms with Crippen molar-refractivity contribution in [1.29, 1.82) is 0 Å². The molecule has 1 aliphatic heterocycles. The molecule has 0 saturated carbocycles. The first-order chi connectivity index (χ1) is 7.54. The zero-order valence-corrected chi connectivity index (χ0v) is 9.96. The van der Waals surface area contributed by atoms with E-state index in [0.29, 0.717) is 23.9 Å². The van der Waals surface area contributed by atoms with E-state index in [-0.39, 0.29) is 5.91 Å². The predicted octanol–water partition coefficient (Wildman–Crippen LogP) is 0.712. The molecule has 1 aliphatic rings. The van der Waals surface area contributed by atoms with Crippen LogP contribution in [0.5, 0.6) is 0 Å². The molecule has 1 amide bonds. The Balaban J connectivity index is 1.95. The topological polar surface area (TPSA) is 79.5 Å². The number of likely N-dealkylation sites (tertiary alicyclic amines) is 1. The van der Waals surface area contributed by atoms with Crippen molar-refractivity contribution in [3.8, 4) is 0 Å². The Morgan fingerprint density at radius 1 is 1.75 bits per heavy atom. The van der Waals surface area contributed by atoms with Crippen molar-refractivity contribution in [3.05, 3.63) is 11.1 Å². The van der Waals surface area contributed by atoms with Crippen LogP contribution in [-0.2, 0) is 0 Å². The fourth-order valence-corrected chi connectivity index (χ4v) is 2.52. The Bertz CT molecular complexity index is 399. The van der Waals surface area contributed by atoms with E-state index in [1.165, 1.54) is 11.3 Å². The third kappa shape index (κ3) is 2.03. The van der Waals surface area contributed by atoms with Gasteiger partial charge < -0.3 is 15.7 Å². The quantitative estimate of drug-likeness (QED) is 0.817. The van der Waals surface area contributed by atoms with Crippen molar-refractivity contribution < 1.29 is 9.90 Å².